The van der Waals surface area contributed by atoms with Crippen LogP contribution in [-0.4, -0.2) is 13.2 Å². The van der Waals surface area contributed by atoms with Crippen molar-refractivity contribution < 1.29 is 13.9 Å². The van der Waals surface area contributed by atoms with Crippen molar-refractivity contribution in [3.63, 3.8) is 0 Å². The van der Waals surface area contributed by atoms with Crippen LogP contribution in [0.4, 0.5) is 4.39 Å². The molecule has 0 fully saturated rings. The lowest BCUT2D eigenvalue weighted by Gasteiger charge is -2.13. The molecule has 0 aliphatic rings. The van der Waals surface area contributed by atoms with Gasteiger partial charge in [0.15, 0.2) is 11.6 Å². The van der Waals surface area contributed by atoms with Crippen molar-refractivity contribution in [1.82, 2.24) is 5.32 Å². The molecule has 1 N–H and O–H groups in total. The number of rotatable bonds is 7. The van der Waals surface area contributed by atoms with E-state index in [0.717, 1.165) is 12.1 Å². The van der Waals surface area contributed by atoms with Crippen molar-refractivity contribution in [3.05, 3.63) is 53.8 Å². The Morgan fingerprint density at radius 2 is 1.81 bits per heavy atom. The molecule has 0 saturated heterocycles. The van der Waals surface area contributed by atoms with Crippen LogP contribution in [0.2, 0.25) is 0 Å². The Morgan fingerprint density at radius 3 is 2.57 bits per heavy atom. The molecule has 0 saturated carbocycles. The van der Waals surface area contributed by atoms with E-state index >= 15 is 0 Å². The summed E-state index contributed by atoms with van der Waals surface area (Å²) in [6.45, 7) is 5.88. The quantitative estimate of drug-likeness (QED) is 0.831. The zero-order valence-corrected chi connectivity index (χ0v) is 12.4. The van der Waals surface area contributed by atoms with Crippen molar-refractivity contribution in [2.24, 2.45) is 0 Å². The predicted octanol–water partition coefficient (Wildman–Crippen LogP) is 4.13. The van der Waals surface area contributed by atoms with E-state index in [1.807, 2.05) is 32.0 Å². The minimum absolute atomic E-state index is 0.257. The fourth-order valence-corrected chi connectivity index (χ4v) is 1.98. The minimum Gasteiger partial charge on any atom is -0.494 e. The third-order valence-corrected chi connectivity index (χ3v) is 2.95. The van der Waals surface area contributed by atoms with E-state index in [0.29, 0.717) is 24.7 Å². The Bertz CT molecular complexity index is 587. The lowest BCUT2D eigenvalue weighted by atomic mass is 10.2. The lowest BCUT2D eigenvalue weighted by molar-refractivity contribution is 0.337. The molecule has 0 bridgehead atoms. The molecule has 0 radical (unpaired) electrons. The molecular formula is C17H20FNO2. The summed E-state index contributed by atoms with van der Waals surface area (Å²) in [5, 5.41) is 3.18. The van der Waals surface area contributed by atoms with E-state index in [4.69, 9.17) is 9.47 Å². The number of halogens is 1. The molecule has 0 atom stereocenters. The van der Waals surface area contributed by atoms with E-state index in [9.17, 15) is 4.39 Å². The van der Waals surface area contributed by atoms with Gasteiger partial charge < -0.3 is 14.8 Å². The maximum atomic E-state index is 14.0. The van der Waals surface area contributed by atoms with Crippen LogP contribution in [0, 0.1) is 5.82 Å². The summed E-state index contributed by atoms with van der Waals surface area (Å²) in [4.78, 5) is 0. The van der Waals surface area contributed by atoms with Crippen molar-refractivity contribution in [1.29, 1.82) is 0 Å². The van der Waals surface area contributed by atoms with Crippen molar-refractivity contribution in [3.8, 4) is 17.2 Å². The first-order valence-corrected chi connectivity index (χ1v) is 7.13. The highest BCUT2D eigenvalue weighted by molar-refractivity contribution is 5.41. The van der Waals surface area contributed by atoms with Gasteiger partial charge in [0, 0.05) is 18.2 Å². The second-order valence-electron chi connectivity index (χ2n) is 4.52. The molecule has 21 heavy (non-hydrogen) atoms. The van der Waals surface area contributed by atoms with Gasteiger partial charge in [-0.2, -0.15) is 0 Å². The number of nitrogens with one attached hydrogen (secondary N) is 1. The third-order valence-electron chi connectivity index (χ3n) is 2.95. The molecule has 0 aliphatic carbocycles. The Morgan fingerprint density at radius 1 is 1.05 bits per heavy atom. The molecule has 0 spiro atoms. The smallest absolute Gasteiger partial charge is 0.167 e. The molecule has 2 aromatic rings. The highest BCUT2D eigenvalue weighted by atomic mass is 19.1. The Labute approximate surface area is 124 Å². The van der Waals surface area contributed by atoms with E-state index in [1.54, 1.807) is 18.2 Å². The van der Waals surface area contributed by atoms with Gasteiger partial charge in [0.05, 0.1) is 6.61 Å². The summed E-state index contributed by atoms with van der Waals surface area (Å²) in [5.74, 6) is 1.16. The Kier molecular flexibility index (Phi) is 5.58. The summed E-state index contributed by atoms with van der Waals surface area (Å²) >= 11 is 0. The number of benzene rings is 2. The van der Waals surface area contributed by atoms with Crippen molar-refractivity contribution in [2.45, 2.75) is 20.4 Å². The zero-order valence-electron chi connectivity index (χ0n) is 12.4. The summed E-state index contributed by atoms with van der Waals surface area (Å²) < 4.78 is 25.2. The van der Waals surface area contributed by atoms with Crippen LogP contribution in [0.15, 0.2) is 42.5 Å². The average molecular weight is 289 g/mol. The lowest BCUT2D eigenvalue weighted by Crippen LogP contribution is -2.12. The van der Waals surface area contributed by atoms with Gasteiger partial charge in [-0.15, -0.1) is 0 Å². The van der Waals surface area contributed by atoms with Crippen LogP contribution in [-0.2, 0) is 6.54 Å². The van der Waals surface area contributed by atoms with Gasteiger partial charge in [0.1, 0.15) is 11.5 Å². The predicted molar refractivity (Wildman–Crippen MR) is 81.5 cm³/mol. The SMILES string of the molecule is CCNCc1cccc(F)c1Oc1cccc(OCC)c1. The van der Waals surface area contributed by atoms with Crippen LogP contribution in [0.5, 0.6) is 17.2 Å². The largest absolute Gasteiger partial charge is 0.494 e. The molecule has 2 aromatic carbocycles. The molecule has 0 amide bonds. The van der Waals surface area contributed by atoms with Crippen LogP contribution in [0.1, 0.15) is 19.4 Å². The number of hydrogen-bond acceptors (Lipinski definition) is 3. The van der Waals surface area contributed by atoms with Crippen LogP contribution >= 0.6 is 0 Å². The van der Waals surface area contributed by atoms with Gasteiger partial charge in [-0.1, -0.05) is 25.1 Å². The highest BCUT2D eigenvalue weighted by Gasteiger charge is 2.11. The number of para-hydroxylation sites is 1. The van der Waals surface area contributed by atoms with Gasteiger partial charge in [0.2, 0.25) is 0 Å². The van der Waals surface area contributed by atoms with E-state index in [-0.39, 0.29) is 11.6 Å². The second-order valence-corrected chi connectivity index (χ2v) is 4.52. The topological polar surface area (TPSA) is 30.5 Å². The summed E-state index contributed by atoms with van der Waals surface area (Å²) in [7, 11) is 0. The first-order valence-electron chi connectivity index (χ1n) is 7.13. The molecule has 112 valence electrons. The van der Waals surface area contributed by atoms with Gasteiger partial charge in [-0.05, 0) is 31.7 Å². The average Bonchev–Trinajstić information content (AvgIpc) is 2.49. The number of ether oxygens (including phenoxy) is 2. The molecule has 0 aromatic heterocycles. The molecular weight excluding hydrogens is 269 g/mol. The summed E-state index contributed by atoms with van der Waals surface area (Å²) in [6.07, 6.45) is 0. The molecule has 3 nitrogen and oxygen atoms in total. The van der Waals surface area contributed by atoms with Gasteiger partial charge in [-0.3, -0.25) is 0 Å². The van der Waals surface area contributed by atoms with Gasteiger partial charge in [-0.25, -0.2) is 4.39 Å². The minimum atomic E-state index is -0.368. The maximum Gasteiger partial charge on any atom is 0.167 e. The van der Waals surface area contributed by atoms with Crippen LogP contribution in [0.25, 0.3) is 0 Å². The number of hydrogen-bond donors (Lipinski definition) is 1. The zero-order chi connectivity index (χ0) is 15.1. The highest BCUT2D eigenvalue weighted by Crippen LogP contribution is 2.30. The Balaban J connectivity index is 2.23. The monoisotopic (exact) mass is 289 g/mol. The first kappa shape index (κ1) is 15.3. The third kappa shape index (κ3) is 4.20. The van der Waals surface area contributed by atoms with Crippen molar-refractivity contribution in [2.75, 3.05) is 13.2 Å². The molecule has 4 heteroatoms. The van der Waals surface area contributed by atoms with E-state index in [1.165, 1.54) is 6.07 Å². The van der Waals surface area contributed by atoms with Gasteiger partial charge in [0.25, 0.3) is 0 Å². The summed E-state index contributed by atoms with van der Waals surface area (Å²) in [5.41, 5.74) is 0.790. The fourth-order valence-electron chi connectivity index (χ4n) is 1.98. The van der Waals surface area contributed by atoms with E-state index in [2.05, 4.69) is 5.32 Å². The molecule has 0 heterocycles. The standard InChI is InChI=1S/C17H20FNO2/c1-3-19-12-13-7-5-10-16(18)17(13)21-15-9-6-8-14(11-15)20-4-2/h5-11,19H,3-4,12H2,1-2H3. The second kappa shape index (κ2) is 7.64. The van der Waals surface area contributed by atoms with Gasteiger partial charge >= 0.3 is 0 Å². The van der Waals surface area contributed by atoms with Crippen LogP contribution in [0.3, 0.4) is 0 Å². The fraction of sp³-hybridized carbons (Fsp3) is 0.294. The normalized spacial score (nSPS) is 10.4. The first-order chi connectivity index (χ1) is 10.2. The maximum absolute atomic E-state index is 14.0. The molecule has 2 rings (SSSR count). The van der Waals surface area contributed by atoms with E-state index < -0.39 is 0 Å². The molecule has 0 unspecified atom stereocenters. The Hall–Kier alpha value is -2.07. The summed E-state index contributed by atoms with van der Waals surface area (Å²) in [6, 6.07) is 12.2. The van der Waals surface area contributed by atoms with Crippen LogP contribution < -0.4 is 14.8 Å². The molecule has 0 aliphatic heterocycles. The van der Waals surface area contributed by atoms with Crippen molar-refractivity contribution >= 4 is 0 Å².